The van der Waals surface area contributed by atoms with Gasteiger partial charge in [0.05, 0.1) is 4.92 Å². The van der Waals surface area contributed by atoms with E-state index in [4.69, 9.17) is 0 Å². The van der Waals surface area contributed by atoms with Crippen LogP contribution in [0.15, 0.2) is 29.2 Å². The lowest BCUT2D eigenvalue weighted by Gasteiger charge is -2.24. The second kappa shape index (κ2) is 5.62. The van der Waals surface area contributed by atoms with Gasteiger partial charge in [0.1, 0.15) is 5.54 Å². The maximum Gasteiger partial charge on any atom is 0.325 e. The number of carboxylic acid groups (broad SMARTS) is 1. The van der Waals surface area contributed by atoms with Crippen molar-refractivity contribution in [3.8, 4) is 0 Å². The highest BCUT2D eigenvalue weighted by Crippen LogP contribution is 2.31. The molecule has 0 aromatic heterocycles. The van der Waals surface area contributed by atoms with Crippen LogP contribution in [0.4, 0.5) is 5.69 Å². The van der Waals surface area contributed by atoms with Gasteiger partial charge in [-0.3, -0.25) is 14.9 Å². The van der Waals surface area contributed by atoms with Crippen LogP contribution < -0.4 is 4.72 Å². The molecule has 0 bridgehead atoms. The Labute approximate surface area is 124 Å². The minimum Gasteiger partial charge on any atom is -0.480 e. The van der Waals surface area contributed by atoms with E-state index in [0.29, 0.717) is 5.75 Å². The van der Waals surface area contributed by atoms with Crippen LogP contribution in [0.1, 0.15) is 6.42 Å². The van der Waals surface area contributed by atoms with E-state index < -0.39 is 37.0 Å². The van der Waals surface area contributed by atoms with Gasteiger partial charge in [-0.2, -0.15) is 16.5 Å². The Hall–Kier alpha value is -1.65. The molecule has 1 aromatic rings. The minimum absolute atomic E-state index is 0.0855. The molecule has 1 aliphatic heterocycles. The minimum atomic E-state index is -4.31. The van der Waals surface area contributed by atoms with E-state index in [2.05, 4.69) is 4.72 Å². The summed E-state index contributed by atoms with van der Waals surface area (Å²) < 4.78 is 26.8. The van der Waals surface area contributed by atoms with Gasteiger partial charge in [0, 0.05) is 11.8 Å². The van der Waals surface area contributed by atoms with E-state index in [-0.39, 0.29) is 12.2 Å². The second-order valence-electron chi connectivity index (χ2n) is 4.52. The summed E-state index contributed by atoms with van der Waals surface area (Å²) in [5.41, 5.74) is -2.20. The van der Waals surface area contributed by atoms with Crippen LogP contribution in [0.3, 0.4) is 0 Å². The third-order valence-electron chi connectivity index (χ3n) is 3.11. The maximum atomic E-state index is 12.3. The summed E-state index contributed by atoms with van der Waals surface area (Å²) >= 11 is 1.31. The van der Waals surface area contributed by atoms with Gasteiger partial charge in [0.25, 0.3) is 5.69 Å². The summed E-state index contributed by atoms with van der Waals surface area (Å²) in [4.78, 5) is 20.9. The highest BCUT2D eigenvalue weighted by molar-refractivity contribution is 7.99. The maximum absolute atomic E-state index is 12.3. The number of nitro groups is 1. The van der Waals surface area contributed by atoms with Crippen molar-refractivity contribution >= 4 is 33.4 Å². The first kappa shape index (κ1) is 15.7. The fourth-order valence-electron chi connectivity index (χ4n) is 2.01. The Balaban J connectivity index is 2.44. The highest BCUT2D eigenvalue weighted by atomic mass is 32.2. The lowest BCUT2D eigenvalue weighted by molar-refractivity contribution is -0.387. The molecule has 1 aromatic carbocycles. The second-order valence-corrected chi connectivity index (χ2v) is 7.28. The molecule has 10 heteroatoms. The molecule has 1 saturated heterocycles. The fraction of sp³-hybridized carbons (Fsp3) is 0.364. The summed E-state index contributed by atoms with van der Waals surface area (Å²) in [5.74, 6) is -0.692. The van der Waals surface area contributed by atoms with Crippen molar-refractivity contribution in [2.24, 2.45) is 0 Å². The summed E-state index contributed by atoms with van der Waals surface area (Å²) in [7, 11) is -4.31. The van der Waals surface area contributed by atoms with E-state index in [1.54, 1.807) is 0 Å². The van der Waals surface area contributed by atoms with Crippen LogP contribution in [-0.4, -0.2) is 41.5 Å². The summed E-state index contributed by atoms with van der Waals surface area (Å²) in [5, 5.41) is 20.2. The van der Waals surface area contributed by atoms with Crippen molar-refractivity contribution in [2.45, 2.75) is 16.9 Å². The zero-order valence-electron chi connectivity index (χ0n) is 10.7. The average molecular weight is 332 g/mol. The lowest BCUT2D eigenvalue weighted by atomic mass is 10.0. The van der Waals surface area contributed by atoms with Gasteiger partial charge in [-0.15, -0.1) is 0 Å². The molecule has 114 valence electrons. The molecule has 8 nitrogen and oxygen atoms in total. The van der Waals surface area contributed by atoms with E-state index in [1.807, 2.05) is 0 Å². The van der Waals surface area contributed by atoms with E-state index in [9.17, 15) is 28.4 Å². The summed E-state index contributed by atoms with van der Waals surface area (Å²) in [6, 6.07) is 4.83. The standard InChI is InChI=1S/C11H12N2O6S2/c14-10(15)11(5-6-20-7-11)12-21(18,19)9-4-2-1-3-8(9)13(16)17/h1-4,12H,5-7H2,(H,14,15). The van der Waals surface area contributed by atoms with Gasteiger partial charge >= 0.3 is 5.97 Å². The molecule has 0 spiro atoms. The smallest absolute Gasteiger partial charge is 0.325 e. The van der Waals surface area contributed by atoms with Crippen LogP contribution >= 0.6 is 11.8 Å². The largest absolute Gasteiger partial charge is 0.480 e. The van der Waals surface area contributed by atoms with Crippen molar-refractivity contribution in [1.82, 2.24) is 4.72 Å². The highest BCUT2D eigenvalue weighted by Gasteiger charge is 2.46. The molecule has 0 saturated carbocycles. The number of nitro benzene ring substituents is 1. The summed E-state index contributed by atoms with van der Waals surface area (Å²) in [6.07, 6.45) is 0.132. The molecule has 0 aliphatic carbocycles. The number of nitrogens with one attached hydrogen (secondary N) is 1. The van der Waals surface area contributed by atoms with Crippen LogP contribution in [-0.2, 0) is 14.8 Å². The molecule has 1 fully saturated rings. The monoisotopic (exact) mass is 332 g/mol. The van der Waals surface area contributed by atoms with Crippen molar-refractivity contribution in [1.29, 1.82) is 0 Å². The molecule has 2 rings (SSSR count). The van der Waals surface area contributed by atoms with Crippen molar-refractivity contribution in [3.05, 3.63) is 34.4 Å². The number of benzene rings is 1. The Morgan fingerprint density at radius 3 is 2.62 bits per heavy atom. The number of carbonyl (C=O) groups is 1. The fourth-order valence-corrected chi connectivity index (χ4v) is 4.98. The molecule has 1 aliphatic rings. The first-order chi connectivity index (χ1) is 9.78. The number of hydrogen-bond acceptors (Lipinski definition) is 6. The molecular weight excluding hydrogens is 320 g/mol. The molecule has 0 amide bonds. The van der Waals surface area contributed by atoms with Gasteiger partial charge in [0.2, 0.25) is 10.0 Å². The van der Waals surface area contributed by atoms with Gasteiger partial charge in [-0.1, -0.05) is 12.1 Å². The molecule has 2 N–H and O–H groups in total. The average Bonchev–Trinajstić information content (AvgIpc) is 2.88. The molecule has 1 heterocycles. The Morgan fingerprint density at radius 2 is 2.10 bits per heavy atom. The van der Waals surface area contributed by atoms with Gasteiger partial charge in [-0.05, 0) is 18.2 Å². The molecule has 1 atom stereocenters. The topological polar surface area (TPSA) is 127 Å². The lowest BCUT2D eigenvalue weighted by Crippen LogP contribution is -2.54. The normalized spacial score (nSPS) is 22.1. The number of sulfonamides is 1. The molecule has 21 heavy (non-hydrogen) atoms. The number of carboxylic acids is 1. The number of hydrogen-bond donors (Lipinski definition) is 2. The van der Waals surface area contributed by atoms with Crippen LogP contribution in [0.25, 0.3) is 0 Å². The zero-order chi connectivity index (χ0) is 15.7. The Bertz CT molecular complexity index is 682. The van der Waals surface area contributed by atoms with Gasteiger partial charge in [-0.25, -0.2) is 8.42 Å². The predicted octanol–water partition coefficient (Wildman–Crippen LogP) is 0.833. The molecule has 1 unspecified atom stereocenters. The van der Waals surface area contributed by atoms with Gasteiger partial charge < -0.3 is 5.11 Å². The first-order valence-corrected chi connectivity index (χ1v) is 8.51. The first-order valence-electron chi connectivity index (χ1n) is 5.87. The predicted molar refractivity (Wildman–Crippen MR) is 75.7 cm³/mol. The molecular formula is C11H12N2O6S2. The third-order valence-corrected chi connectivity index (χ3v) is 5.89. The van der Waals surface area contributed by atoms with Crippen LogP contribution in [0.2, 0.25) is 0 Å². The third kappa shape index (κ3) is 3.01. The van der Waals surface area contributed by atoms with Crippen molar-refractivity contribution in [2.75, 3.05) is 11.5 Å². The Morgan fingerprint density at radius 1 is 1.43 bits per heavy atom. The quantitative estimate of drug-likeness (QED) is 0.604. The number of thioether (sulfide) groups is 1. The van der Waals surface area contributed by atoms with E-state index in [0.717, 1.165) is 12.1 Å². The van der Waals surface area contributed by atoms with Crippen molar-refractivity contribution < 1.29 is 23.2 Å². The van der Waals surface area contributed by atoms with E-state index in [1.165, 1.54) is 23.9 Å². The summed E-state index contributed by atoms with van der Waals surface area (Å²) in [6.45, 7) is 0. The Kier molecular flexibility index (Phi) is 4.21. The zero-order valence-corrected chi connectivity index (χ0v) is 12.3. The number of nitrogens with zero attached hydrogens (tertiary/aromatic N) is 1. The van der Waals surface area contributed by atoms with E-state index >= 15 is 0 Å². The van der Waals surface area contributed by atoms with Crippen molar-refractivity contribution in [3.63, 3.8) is 0 Å². The number of rotatable bonds is 5. The molecule has 0 radical (unpaired) electrons. The van der Waals surface area contributed by atoms with Crippen LogP contribution in [0.5, 0.6) is 0 Å². The number of aliphatic carboxylic acids is 1. The van der Waals surface area contributed by atoms with Gasteiger partial charge in [0.15, 0.2) is 4.90 Å². The SMILES string of the molecule is O=C(O)C1(NS(=O)(=O)c2ccccc2[N+](=O)[O-])CCSC1. The van der Waals surface area contributed by atoms with Crippen LogP contribution in [0, 0.1) is 10.1 Å². The number of para-hydroxylation sites is 1.